The van der Waals surface area contributed by atoms with E-state index in [1.165, 1.54) is 0 Å². The molecule has 10 heteroatoms. The molecule has 1 amide bonds. The van der Waals surface area contributed by atoms with Gasteiger partial charge in [0.2, 0.25) is 5.95 Å². The molecule has 42 heavy (non-hydrogen) atoms. The average Bonchev–Trinajstić information content (AvgIpc) is 3.24. The summed E-state index contributed by atoms with van der Waals surface area (Å²) in [5, 5.41) is 6.30. The highest BCUT2D eigenvalue weighted by molar-refractivity contribution is 5.70. The highest BCUT2D eigenvalue weighted by atomic mass is 16.6. The second-order valence-corrected chi connectivity index (χ2v) is 10.5. The summed E-state index contributed by atoms with van der Waals surface area (Å²) in [5.74, 6) is 7.70. The summed E-state index contributed by atoms with van der Waals surface area (Å²) in [6.07, 6.45) is 9.05. The quantitative estimate of drug-likeness (QED) is 0.234. The van der Waals surface area contributed by atoms with Crippen molar-refractivity contribution in [2.24, 2.45) is 0 Å². The molecular weight excluding hydrogens is 528 g/mol. The second-order valence-electron chi connectivity index (χ2n) is 10.5. The fraction of sp³-hybridized carbons (Fsp3) is 0.406. The van der Waals surface area contributed by atoms with Gasteiger partial charge in [0.05, 0.1) is 23.6 Å². The molecule has 0 fully saturated rings. The lowest BCUT2D eigenvalue weighted by Crippen LogP contribution is -2.33. The summed E-state index contributed by atoms with van der Waals surface area (Å²) in [4.78, 5) is 33.0. The Labute approximate surface area is 250 Å². The largest absolute Gasteiger partial charge is 0.444 e. The molecule has 3 aromatic heterocycles. The van der Waals surface area contributed by atoms with Crippen LogP contribution in [0.5, 0.6) is 0 Å². The van der Waals surface area contributed by atoms with Gasteiger partial charge in [-0.3, -0.25) is 4.40 Å². The van der Waals surface area contributed by atoms with Crippen molar-refractivity contribution in [3.05, 3.63) is 66.7 Å². The van der Waals surface area contributed by atoms with Gasteiger partial charge in [0.1, 0.15) is 5.60 Å². The van der Waals surface area contributed by atoms with Gasteiger partial charge >= 0.3 is 6.09 Å². The Hall–Kier alpha value is -4.65. The summed E-state index contributed by atoms with van der Waals surface area (Å²) in [5.41, 5.74) is 2.88. The minimum atomic E-state index is -0.550. The van der Waals surface area contributed by atoms with Crippen molar-refractivity contribution >= 4 is 23.5 Å². The Morgan fingerprint density at radius 1 is 1.05 bits per heavy atom. The van der Waals surface area contributed by atoms with Gasteiger partial charge in [0, 0.05) is 53.9 Å². The number of nitrogens with zero attached hydrogens (tertiary/aromatic N) is 6. The molecule has 1 unspecified atom stereocenters. The highest BCUT2D eigenvalue weighted by Gasteiger charge is 2.19. The van der Waals surface area contributed by atoms with E-state index in [-0.39, 0.29) is 8.90 Å². The molecule has 4 aromatic rings. The molecule has 1 atom stereocenters. The van der Waals surface area contributed by atoms with E-state index in [2.05, 4.69) is 37.3 Å². The first-order valence-corrected chi connectivity index (χ1v) is 14.5. The van der Waals surface area contributed by atoms with Crippen LogP contribution in [0.3, 0.4) is 0 Å². The zero-order valence-electron chi connectivity index (χ0n) is 25.1. The smallest absolute Gasteiger partial charge is 0.407 e. The summed E-state index contributed by atoms with van der Waals surface area (Å²) < 4.78 is 7.39. The number of aromatic nitrogens is 5. The van der Waals surface area contributed by atoms with E-state index in [9.17, 15) is 4.79 Å². The Balaban J connectivity index is 0.00000165. The number of hydrogen-bond donors (Lipinski definition) is 2. The zero-order chi connectivity index (χ0) is 30.0. The number of nitrogens with one attached hydrogen (secondary N) is 2. The van der Waals surface area contributed by atoms with Gasteiger partial charge in [0.25, 0.3) is 0 Å². The summed E-state index contributed by atoms with van der Waals surface area (Å²) in [7, 11) is 0. The lowest BCUT2D eigenvalue weighted by atomic mass is 10.0. The molecule has 0 bridgehead atoms. The number of carbonyl (C=O) groups excluding carboxylic acids is 1. The van der Waals surface area contributed by atoms with Crippen molar-refractivity contribution in [3.8, 4) is 23.2 Å². The van der Waals surface area contributed by atoms with Gasteiger partial charge in [-0.15, -0.1) is 11.8 Å². The standard InChI is InChI=1S/C30H34N8O2.C2H6.2H2/c1-30(2,3)40-29(39)33-16-13-23(22-11-7-6-8-12-22)35-28-32-15-14-24(36-28)25-21-34-27-26(31-17-20-38(25)27)37-18-9-4-5-10-19-37;1-2;;/h6-8,11-12,14-15,17,20-21,23H,9-10,13,16,18-19H2,1-3H3,(H,33,39)(H,32,35,36);1-2H3;2*1H. The summed E-state index contributed by atoms with van der Waals surface area (Å²) in [6, 6.07) is 11.8. The van der Waals surface area contributed by atoms with E-state index in [0.29, 0.717) is 18.9 Å². The molecule has 2 N–H and O–H groups in total. The van der Waals surface area contributed by atoms with Crippen LogP contribution in [0.15, 0.2) is 61.2 Å². The van der Waals surface area contributed by atoms with E-state index in [1.807, 2.05) is 87.8 Å². The number of rotatable bonds is 8. The van der Waals surface area contributed by atoms with Crippen molar-refractivity contribution < 1.29 is 12.4 Å². The number of hydrogen-bond acceptors (Lipinski definition) is 8. The number of fused-ring (bicyclic) bond motifs is 1. The average molecular weight is 573 g/mol. The van der Waals surface area contributed by atoms with Gasteiger partial charge in [-0.2, -0.15) is 0 Å². The van der Waals surface area contributed by atoms with Crippen molar-refractivity contribution in [3.63, 3.8) is 0 Å². The third kappa shape index (κ3) is 7.97. The number of alkyl carbamates (subject to hydrolysis) is 1. The molecule has 1 aromatic carbocycles. The highest BCUT2D eigenvalue weighted by Crippen LogP contribution is 2.26. The van der Waals surface area contributed by atoms with Crippen LogP contribution in [0.25, 0.3) is 17.0 Å². The predicted octanol–water partition coefficient (Wildman–Crippen LogP) is 6.38. The molecule has 0 radical (unpaired) electrons. The normalized spacial score (nSPS) is 13.6. The number of carbonyl (C=O) groups is 1. The Bertz CT molecular complexity index is 1520. The van der Waals surface area contributed by atoms with Crippen LogP contribution < -0.4 is 15.5 Å². The van der Waals surface area contributed by atoms with Crippen molar-refractivity contribution in [2.75, 3.05) is 29.9 Å². The Kier molecular flexibility index (Phi) is 10.3. The molecule has 4 heterocycles. The molecular formula is C32H44N8O2. The molecule has 0 saturated heterocycles. The molecule has 0 saturated carbocycles. The van der Waals surface area contributed by atoms with Crippen molar-refractivity contribution in [1.82, 2.24) is 29.7 Å². The second kappa shape index (κ2) is 14.3. The summed E-state index contributed by atoms with van der Waals surface area (Å²) in [6.45, 7) is 11.6. The zero-order valence-corrected chi connectivity index (χ0v) is 25.1. The first kappa shape index (κ1) is 30.3. The molecule has 5 rings (SSSR count). The maximum absolute atomic E-state index is 12.2. The van der Waals surface area contributed by atoms with Crippen LogP contribution in [0, 0.1) is 11.8 Å². The van der Waals surface area contributed by atoms with Crippen LogP contribution in [0.1, 0.15) is 68.3 Å². The Morgan fingerprint density at radius 3 is 2.50 bits per heavy atom. The lowest BCUT2D eigenvalue weighted by Gasteiger charge is -2.22. The molecule has 0 spiro atoms. The molecule has 10 nitrogen and oxygen atoms in total. The molecule has 0 aliphatic carbocycles. The third-order valence-electron chi connectivity index (χ3n) is 6.37. The van der Waals surface area contributed by atoms with Crippen molar-refractivity contribution in [1.29, 1.82) is 0 Å². The van der Waals surface area contributed by atoms with Gasteiger partial charge < -0.3 is 20.3 Å². The van der Waals surface area contributed by atoms with E-state index in [1.54, 1.807) is 12.4 Å². The minimum Gasteiger partial charge on any atom is -0.444 e. The molecule has 1 aliphatic rings. The van der Waals surface area contributed by atoms with Gasteiger partial charge in [-0.05, 0) is 38.8 Å². The number of benzene rings is 1. The number of imidazole rings is 1. The van der Waals surface area contributed by atoms with Crippen molar-refractivity contribution in [2.45, 2.75) is 65.5 Å². The van der Waals surface area contributed by atoms with E-state index >= 15 is 0 Å². The topological polar surface area (TPSA) is 110 Å². The van der Waals surface area contributed by atoms with Gasteiger partial charge in [0.15, 0.2) is 11.5 Å². The fourth-order valence-electron chi connectivity index (χ4n) is 4.57. The minimum absolute atomic E-state index is 0. The Morgan fingerprint density at radius 2 is 1.79 bits per heavy atom. The predicted molar refractivity (Wildman–Crippen MR) is 170 cm³/mol. The van der Waals surface area contributed by atoms with Gasteiger partial charge in [-0.25, -0.2) is 24.7 Å². The van der Waals surface area contributed by atoms with Crippen LogP contribution in [-0.4, -0.2) is 55.7 Å². The molecule has 1 aliphatic heterocycles. The maximum Gasteiger partial charge on any atom is 0.407 e. The number of amides is 1. The monoisotopic (exact) mass is 572 g/mol. The SMILES string of the molecule is CC.CC(C)(C)OC(=O)NCCC(Nc1nccc(-c2cnc3c(N4CCC#CCC4)nccn23)n1)c1ccccc1.[HH].[HH]. The van der Waals surface area contributed by atoms with E-state index in [0.717, 1.165) is 54.3 Å². The van der Waals surface area contributed by atoms with Crippen LogP contribution in [-0.2, 0) is 4.74 Å². The first-order valence-electron chi connectivity index (χ1n) is 14.5. The van der Waals surface area contributed by atoms with E-state index < -0.39 is 11.7 Å². The third-order valence-corrected chi connectivity index (χ3v) is 6.37. The molecule has 224 valence electrons. The maximum atomic E-state index is 12.2. The van der Waals surface area contributed by atoms with E-state index in [4.69, 9.17) is 14.7 Å². The van der Waals surface area contributed by atoms with Crippen LogP contribution >= 0.6 is 0 Å². The lowest BCUT2D eigenvalue weighted by molar-refractivity contribution is 0.0526. The van der Waals surface area contributed by atoms with Gasteiger partial charge in [-0.1, -0.05) is 44.2 Å². The van der Waals surface area contributed by atoms with Crippen LogP contribution in [0.4, 0.5) is 16.6 Å². The summed E-state index contributed by atoms with van der Waals surface area (Å²) >= 11 is 0. The first-order chi connectivity index (χ1) is 20.4. The fourth-order valence-corrected chi connectivity index (χ4v) is 4.57. The number of anilines is 2. The number of ether oxygens (including phenoxy) is 1. The van der Waals surface area contributed by atoms with Crippen LogP contribution in [0.2, 0.25) is 0 Å².